The molecule has 1 amide bonds. The van der Waals surface area contributed by atoms with Gasteiger partial charge >= 0.3 is 5.97 Å². The normalized spacial score (nSPS) is 12.3. The van der Waals surface area contributed by atoms with Crippen molar-refractivity contribution in [2.75, 3.05) is 12.9 Å². The number of esters is 1. The van der Waals surface area contributed by atoms with Crippen LogP contribution in [0.4, 0.5) is 0 Å². The first-order chi connectivity index (χ1) is 13.8. The summed E-state index contributed by atoms with van der Waals surface area (Å²) in [6, 6.07) is 18.9. The van der Waals surface area contributed by atoms with E-state index >= 15 is 0 Å². The molecule has 1 N–H and O–H groups in total. The van der Waals surface area contributed by atoms with E-state index in [4.69, 9.17) is 4.74 Å². The topological polar surface area (TPSA) is 89.5 Å². The van der Waals surface area contributed by atoms with Gasteiger partial charge < -0.3 is 10.1 Å². The Labute approximate surface area is 169 Å². The fourth-order valence-corrected chi connectivity index (χ4v) is 3.67. The van der Waals surface area contributed by atoms with Crippen molar-refractivity contribution in [3.05, 3.63) is 77.9 Å². The van der Waals surface area contributed by atoms with E-state index in [1.54, 1.807) is 0 Å². The Hall–Kier alpha value is -3.19. The maximum Gasteiger partial charge on any atom is 0.338 e. The van der Waals surface area contributed by atoms with E-state index in [9.17, 15) is 18.0 Å². The number of ether oxygens (including phenoxy) is 1. The lowest BCUT2D eigenvalue weighted by atomic mass is 10.00. The van der Waals surface area contributed by atoms with Crippen molar-refractivity contribution in [3.8, 4) is 0 Å². The number of benzene rings is 3. The zero-order valence-electron chi connectivity index (χ0n) is 16.1. The van der Waals surface area contributed by atoms with Gasteiger partial charge in [-0.25, -0.2) is 13.2 Å². The maximum absolute atomic E-state index is 12.2. The van der Waals surface area contributed by atoms with Crippen LogP contribution in [0.1, 0.15) is 28.9 Å². The summed E-state index contributed by atoms with van der Waals surface area (Å²) in [6.07, 6.45) is 1.09. The lowest BCUT2D eigenvalue weighted by Crippen LogP contribution is -2.31. The van der Waals surface area contributed by atoms with Crippen molar-refractivity contribution < 1.29 is 22.7 Å². The fourth-order valence-electron chi connectivity index (χ4n) is 3.04. The van der Waals surface area contributed by atoms with Crippen LogP contribution in [-0.2, 0) is 19.4 Å². The van der Waals surface area contributed by atoms with Gasteiger partial charge in [-0.05, 0) is 47.5 Å². The Bertz CT molecular complexity index is 1150. The van der Waals surface area contributed by atoms with Gasteiger partial charge in [0.05, 0.1) is 16.5 Å². The molecule has 0 aliphatic rings. The number of hydrogen-bond acceptors (Lipinski definition) is 5. The van der Waals surface area contributed by atoms with Crippen molar-refractivity contribution in [2.45, 2.75) is 17.9 Å². The van der Waals surface area contributed by atoms with Gasteiger partial charge in [-0.3, -0.25) is 4.79 Å². The van der Waals surface area contributed by atoms with Crippen molar-refractivity contribution >= 4 is 32.5 Å². The molecule has 0 unspecified atom stereocenters. The lowest BCUT2D eigenvalue weighted by Gasteiger charge is -2.16. The average molecular weight is 411 g/mol. The summed E-state index contributed by atoms with van der Waals surface area (Å²) >= 11 is 0. The predicted octanol–water partition coefficient (Wildman–Crippen LogP) is 3.28. The highest BCUT2D eigenvalue weighted by atomic mass is 32.2. The van der Waals surface area contributed by atoms with Crippen molar-refractivity contribution in [3.63, 3.8) is 0 Å². The Balaban J connectivity index is 1.60. The zero-order chi connectivity index (χ0) is 21.0. The molecule has 0 saturated carbocycles. The number of carbonyl (C=O) groups excluding carboxylic acids is 2. The molecule has 0 aliphatic carbocycles. The van der Waals surface area contributed by atoms with Gasteiger partial charge in [-0.2, -0.15) is 0 Å². The first-order valence-electron chi connectivity index (χ1n) is 9.00. The third kappa shape index (κ3) is 5.00. The van der Waals surface area contributed by atoms with Crippen LogP contribution in [-0.4, -0.2) is 33.2 Å². The summed E-state index contributed by atoms with van der Waals surface area (Å²) < 4.78 is 28.0. The smallest absolute Gasteiger partial charge is 0.338 e. The molecule has 7 heteroatoms. The minimum Gasteiger partial charge on any atom is -0.452 e. The molecule has 3 aromatic carbocycles. The standard InChI is InChI=1S/C22H21NO5S/c1-15(19-9-5-7-16-6-3-4-8-20(16)19)23-21(24)14-28-22(25)17-10-12-18(13-11-17)29(2,26)27/h3-13,15H,14H2,1-2H3,(H,23,24)/t15-/m0/s1. The molecule has 0 fully saturated rings. The highest BCUT2D eigenvalue weighted by molar-refractivity contribution is 7.90. The monoisotopic (exact) mass is 411 g/mol. The van der Waals surface area contributed by atoms with Crippen LogP contribution in [0, 0.1) is 0 Å². The first-order valence-corrected chi connectivity index (χ1v) is 10.9. The molecule has 3 aromatic rings. The molecule has 0 aromatic heterocycles. The van der Waals surface area contributed by atoms with Crippen LogP contribution in [0.25, 0.3) is 10.8 Å². The number of carbonyl (C=O) groups is 2. The van der Waals surface area contributed by atoms with E-state index in [1.165, 1.54) is 24.3 Å². The molecule has 0 radical (unpaired) electrons. The van der Waals surface area contributed by atoms with Crippen molar-refractivity contribution in [2.24, 2.45) is 0 Å². The summed E-state index contributed by atoms with van der Waals surface area (Å²) in [5, 5.41) is 4.95. The van der Waals surface area contributed by atoms with E-state index in [1.807, 2.05) is 49.4 Å². The molecule has 6 nitrogen and oxygen atoms in total. The second-order valence-electron chi connectivity index (χ2n) is 6.73. The number of rotatable bonds is 6. The Kier molecular flexibility index (Phi) is 5.98. The summed E-state index contributed by atoms with van der Waals surface area (Å²) in [5.41, 5.74) is 1.14. The van der Waals surface area contributed by atoms with Gasteiger partial charge in [-0.15, -0.1) is 0 Å². The minimum absolute atomic E-state index is 0.107. The average Bonchev–Trinajstić information content (AvgIpc) is 2.71. The predicted molar refractivity (Wildman–Crippen MR) is 110 cm³/mol. The molecule has 0 bridgehead atoms. The van der Waals surface area contributed by atoms with Gasteiger partial charge in [0.15, 0.2) is 16.4 Å². The molecule has 0 spiro atoms. The molecular weight excluding hydrogens is 390 g/mol. The van der Waals surface area contributed by atoms with Gasteiger partial charge in [0.1, 0.15) is 0 Å². The summed E-state index contributed by atoms with van der Waals surface area (Å²) in [5.74, 6) is -1.12. The first kappa shape index (κ1) is 20.5. The lowest BCUT2D eigenvalue weighted by molar-refractivity contribution is -0.124. The number of hydrogen-bond donors (Lipinski definition) is 1. The molecule has 150 valence electrons. The second-order valence-corrected chi connectivity index (χ2v) is 8.75. The Morgan fingerprint density at radius 1 is 0.966 bits per heavy atom. The minimum atomic E-state index is -3.34. The van der Waals surface area contributed by atoms with E-state index < -0.39 is 28.3 Å². The van der Waals surface area contributed by atoms with Crippen LogP contribution in [0.15, 0.2) is 71.6 Å². The number of amides is 1. The van der Waals surface area contributed by atoms with Crippen LogP contribution in [0.5, 0.6) is 0 Å². The molecule has 3 rings (SSSR count). The van der Waals surface area contributed by atoms with E-state index in [2.05, 4.69) is 5.32 Å². The molecule has 0 aliphatic heterocycles. The maximum atomic E-state index is 12.2. The molecule has 29 heavy (non-hydrogen) atoms. The highest BCUT2D eigenvalue weighted by Crippen LogP contribution is 2.24. The number of nitrogens with one attached hydrogen (secondary N) is 1. The van der Waals surface area contributed by atoms with E-state index in [0.29, 0.717) is 0 Å². The summed E-state index contributed by atoms with van der Waals surface area (Å²) in [6.45, 7) is 1.44. The van der Waals surface area contributed by atoms with Gasteiger partial charge in [-0.1, -0.05) is 42.5 Å². The van der Waals surface area contributed by atoms with E-state index in [0.717, 1.165) is 22.6 Å². The summed E-state index contributed by atoms with van der Waals surface area (Å²) in [4.78, 5) is 24.4. The Morgan fingerprint density at radius 3 is 2.31 bits per heavy atom. The third-order valence-electron chi connectivity index (χ3n) is 4.52. The quantitative estimate of drug-likeness (QED) is 0.629. The third-order valence-corrected chi connectivity index (χ3v) is 5.65. The highest BCUT2D eigenvalue weighted by Gasteiger charge is 2.15. The van der Waals surface area contributed by atoms with Crippen LogP contribution >= 0.6 is 0 Å². The van der Waals surface area contributed by atoms with Gasteiger partial charge in [0.2, 0.25) is 0 Å². The van der Waals surface area contributed by atoms with Crippen LogP contribution < -0.4 is 5.32 Å². The molecular formula is C22H21NO5S. The second kappa shape index (κ2) is 8.45. The Morgan fingerprint density at radius 2 is 1.62 bits per heavy atom. The molecule has 1 atom stereocenters. The van der Waals surface area contributed by atoms with Gasteiger partial charge in [0, 0.05) is 6.26 Å². The van der Waals surface area contributed by atoms with Crippen molar-refractivity contribution in [1.82, 2.24) is 5.32 Å². The zero-order valence-corrected chi connectivity index (χ0v) is 16.9. The number of fused-ring (bicyclic) bond motifs is 1. The summed E-state index contributed by atoms with van der Waals surface area (Å²) in [7, 11) is -3.34. The van der Waals surface area contributed by atoms with E-state index in [-0.39, 0.29) is 16.5 Å². The number of sulfone groups is 1. The van der Waals surface area contributed by atoms with Crippen LogP contribution in [0.2, 0.25) is 0 Å². The molecule has 0 saturated heterocycles. The van der Waals surface area contributed by atoms with Gasteiger partial charge in [0.25, 0.3) is 5.91 Å². The fraction of sp³-hybridized carbons (Fsp3) is 0.182. The molecule has 0 heterocycles. The van der Waals surface area contributed by atoms with Crippen molar-refractivity contribution in [1.29, 1.82) is 0 Å². The van der Waals surface area contributed by atoms with Crippen LogP contribution in [0.3, 0.4) is 0 Å². The largest absolute Gasteiger partial charge is 0.452 e. The SMILES string of the molecule is C[C@H](NC(=O)COC(=O)c1ccc(S(C)(=O)=O)cc1)c1cccc2ccccc12.